The van der Waals surface area contributed by atoms with E-state index in [0.29, 0.717) is 28.3 Å². The summed E-state index contributed by atoms with van der Waals surface area (Å²) >= 11 is 0. The van der Waals surface area contributed by atoms with E-state index in [1.54, 1.807) is 36.8 Å². The van der Waals surface area contributed by atoms with Crippen LogP contribution in [-0.4, -0.2) is 29.3 Å². The van der Waals surface area contributed by atoms with Gasteiger partial charge in [-0.15, -0.1) is 0 Å². The third kappa shape index (κ3) is 6.05. The molecule has 2 aromatic carbocycles. The van der Waals surface area contributed by atoms with Gasteiger partial charge in [-0.25, -0.2) is 18.5 Å². The van der Waals surface area contributed by atoms with Crippen molar-refractivity contribution in [3.63, 3.8) is 0 Å². The van der Waals surface area contributed by atoms with Gasteiger partial charge in [0.05, 0.1) is 34.6 Å². The standard InChI is InChI=1S/C25H24N6O3S/c1-16-9-20(13-27-12-16)25(32)30-21-7-3-5-18(10-21)17(2)29-24-15-28-14-23(31-24)19-6-4-8-22(11-19)35(26,33)34/h3-15,17H,1-2H3,(H,29,31)(H,30,32)(H2,26,33,34)/t17-/m0/s1. The molecule has 0 saturated carbocycles. The van der Waals surface area contributed by atoms with Crippen LogP contribution in [0.2, 0.25) is 0 Å². The second-order valence-electron chi connectivity index (χ2n) is 8.06. The van der Waals surface area contributed by atoms with E-state index in [2.05, 4.69) is 25.6 Å². The van der Waals surface area contributed by atoms with E-state index in [0.717, 1.165) is 11.1 Å². The molecule has 4 aromatic rings. The highest BCUT2D eigenvalue weighted by atomic mass is 32.2. The van der Waals surface area contributed by atoms with Crippen molar-refractivity contribution in [1.29, 1.82) is 0 Å². The Morgan fingerprint density at radius 1 is 0.971 bits per heavy atom. The molecule has 178 valence electrons. The maximum atomic E-state index is 12.6. The SMILES string of the molecule is Cc1cncc(C(=O)Nc2cccc([C@H](C)Nc3cncc(-c4cccc(S(N)(=O)=O)c4)n3)c2)c1. The Balaban J connectivity index is 1.50. The molecule has 1 atom stereocenters. The number of hydrogen-bond donors (Lipinski definition) is 3. The number of anilines is 2. The van der Waals surface area contributed by atoms with Crippen LogP contribution in [0.5, 0.6) is 0 Å². The van der Waals surface area contributed by atoms with Crippen LogP contribution < -0.4 is 15.8 Å². The first-order chi connectivity index (χ1) is 16.7. The van der Waals surface area contributed by atoms with Crippen molar-refractivity contribution in [1.82, 2.24) is 15.0 Å². The van der Waals surface area contributed by atoms with E-state index in [-0.39, 0.29) is 16.8 Å². The Bertz CT molecular complexity index is 1490. The fraction of sp³-hybridized carbons (Fsp3) is 0.120. The summed E-state index contributed by atoms with van der Waals surface area (Å²) in [5, 5.41) is 11.4. The number of rotatable bonds is 7. The fourth-order valence-electron chi connectivity index (χ4n) is 3.48. The Labute approximate surface area is 203 Å². The normalized spacial score (nSPS) is 12.1. The van der Waals surface area contributed by atoms with E-state index in [1.807, 2.05) is 38.1 Å². The maximum Gasteiger partial charge on any atom is 0.257 e. The highest BCUT2D eigenvalue weighted by Crippen LogP contribution is 2.24. The third-order valence-electron chi connectivity index (χ3n) is 5.24. The van der Waals surface area contributed by atoms with Crippen molar-refractivity contribution < 1.29 is 13.2 Å². The van der Waals surface area contributed by atoms with E-state index in [9.17, 15) is 13.2 Å². The zero-order valence-electron chi connectivity index (χ0n) is 19.1. The molecule has 0 radical (unpaired) electrons. The summed E-state index contributed by atoms with van der Waals surface area (Å²) in [4.78, 5) is 25.4. The van der Waals surface area contributed by atoms with Crippen molar-refractivity contribution in [3.8, 4) is 11.3 Å². The molecule has 10 heteroatoms. The molecule has 0 saturated heterocycles. The molecule has 0 aliphatic carbocycles. The van der Waals surface area contributed by atoms with Crippen LogP contribution in [0.4, 0.5) is 11.5 Å². The second-order valence-corrected chi connectivity index (χ2v) is 9.62. The lowest BCUT2D eigenvalue weighted by atomic mass is 10.1. The predicted octanol–water partition coefficient (Wildman–Crippen LogP) is 3.92. The van der Waals surface area contributed by atoms with Gasteiger partial charge in [-0.05, 0) is 55.3 Å². The minimum absolute atomic E-state index is 0.00355. The topological polar surface area (TPSA) is 140 Å². The fourth-order valence-corrected chi connectivity index (χ4v) is 4.04. The molecule has 35 heavy (non-hydrogen) atoms. The van der Waals surface area contributed by atoms with Gasteiger partial charge < -0.3 is 10.6 Å². The summed E-state index contributed by atoms with van der Waals surface area (Å²) in [6.07, 6.45) is 6.36. The van der Waals surface area contributed by atoms with Crippen LogP contribution in [0.25, 0.3) is 11.3 Å². The summed E-state index contributed by atoms with van der Waals surface area (Å²) in [5.74, 6) is 0.274. The number of nitrogens with two attached hydrogens (primary N) is 1. The number of carbonyl (C=O) groups excluding carboxylic acids is 1. The van der Waals surface area contributed by atoms with Crippen LogP contribution in [0.15, 0.2) is 84.3 Å². The highest BCUT2D eigenvalue weighted by molar-refractivity contribution is 7.89. The lowest BCUT2D eigenvalue weighted by Crippen LogP contribution is -2.13. The number of carbonyl (C=O) groups is 1. The Morgan fingerprint density at radius 2 is 1.74 bits per heavy atom. The largest absolute Gasteiger partial charge is 0.362 e. The highest BCUT2D eigenvalue weighted by Gasteiger charge is 2.13. The number of nitrogens with zero attached hydrogens (tertiary/aromatic N) is 3. The molecule has 4 rings (SSSR count). The molecule has 2 aromatic heterocycles. The van der Waals surface area contributed by atoms with Gasteiger partial charge in [-0.3, -0.25) is 14.8 Å². The number of hydrogen-bond acceptors (Lipinski definition) is 7. The molecule has 9 nitrogen and oxygen atoms in total. The number of nitrogens with one attached hydrogen (secondary N) is 2. The van der Waals surface area contributed by atoms with Crippen molar-refractivity contribution >= 4 is 27.4 Å². The molecule has 0 aliphatic rings. The van der Waals surface area contributed by atoms with Crippen LogP contribution in [0.3, 0.4) is 0 Å². The molecular formula is C25H24N6O3S. The van der Waals surface area contributed by atoms with Gasteiger partial charge in [-0.1, -0.05) is 24.3 Å². The molecule has 0 bridgehead atoms. The first-order valence-corrected chi connectivity index (χ1v) is 12.3. The zero-order chi connectivity index (χ0) is 25.0. The summed E-state index contributed by atoms with van der Waals surface area (Å²) in [7, 11) is -3.83. The van der Waals surface area contributed by atoms with Gasteiger partial charge >= 0.3 is 0 Å². The zero-order valence-corrected chi connectivity index (χ0v) is 20.0. The Morgan fingerprint density at radius 3 is 2.51 bits per heavy atom. The van der Waals surface area contributed by atoms with Crippen LogP contribution in [0.1, 0.15) is 34.5 Å². The van der Waals surface area contributed by atoms with E-state index >= 15 is 0 Å². The number of aryl methyl sites for hydroxylation is 1. The molecule has 0 aliphatic heterocycles. The second kappa shape index (κ2) is 10.00. The van der Waals surface area contributed by atoms with E-state index in [1.165, 1.54) is 18.3 Å². The van der Waals surface area contributed by atoms with Crippen LogP contribution in [0, 0.1) is 6.92 Å². The number of benzene rings is 2. The first kappa shape index (κ1) is 24.0. The van der Waals surface area contributed by atoms with Crippen molar-refractivity contribution in [2.45, 2.75) is 24.8 Å². The number of primary sulfonamides is 1. The molecule has 2 heterocycles. The number of amides is 1. The molecule has 1 amide bonds. The number of pyridine rings is 1. The van der Waals surface area contributed by atoms with Crippen LogP contribution in [-0.2, 0) is 10.0 Å². The van der Waals surface area contributed by atoms with Gasteiger partial charge in [0.25, 0.3) is 5.91 Å². The molecule has 0 fully saturated rings. The Kier molecular flexibility index (Phi) is 6.85. The quantitative estimate of drug-likeness (QED) is 0.358. The molecule has 0 unspecified atom stereocenters. The number of sulfonamides is 1. The predicted molar refractivity (Wildman–Crippen MR) is 134 cm³/mol. The van der Waals surface area contributed by atoms with Gasteiger partial charge in [0.1, 0.15) is 5.82 Å². The lowest BCUT2D eigenvalue weighted by molar-refractivity contribution is 0.102. The van der Waals surface area contributed by atoms with Gasteiger partial charge in [0.2, 0.25) is 10.0 Å². The summed E-state index contributed by atoms with van der Waals surface area (Å²) in [6.45, 7) is 3.84. The average Bonchev–Trinajstić information content (AvgIpc) is 2.84. The van der Waals surface area contributed by atoms with Gasteiger partial charge in [0.15, 0.2) is 0 Å². The van der Waals surface area contributed by atoms with E-state index in [4.69, 9.17) is 5.14 Å². The van der Waals surface area contributed by atoms with Crippen molar-refractivity contribution in [3.05, 3.63) is 96.1 Å². The molecular weight excluding hydrogens is 464 g/mol. The molecule has 0 spiro atoms. The van der Waals surface area contributed by atoms with Crippen molar-refractivity contribution in [2.24, 2.45) is 5.14 Å². The van der Waals surface area contributed by atoms with Crippen LogP contribution >= 0.6 is 0 Å². The molecule has 4 N–H and O–H groups in total. The van der Waals surface area contributed by atoms with Gasteiger partial charge in [0, 0.05) is 23.6 Å². The Hall–Kier alpha value is -4.15. The van der Waals surface area contributed by atoms with E-state index < -0.39 is 10.0 Å². The third-order valence-corrected chi connectivity index (χ3v) is 6.15. The average molecular weight is 489 g/mol. The lowest BCUT2D eigenvalue weighted by Gasteiger charge is -2.16. The summed E-state index contributed by atoms with van der Waals surface area (Å²) < 4.78 is 23.4. The summed E-state index contributed by atoms with van der Waals surface area (Å²) in [5.41, 5.74) is 4.05. The van der Waals surface area contributed by atoms with Gasteiger partial charge in [-0.2, -0.15) is 0 Å². The summed E-state index contributed by atoms with van der Waals surface area (Å²) in [6, 6.07) is 15.3. The number of aromatic nitrogens is 3. The smallest absolute Gasteiger partial charge is 0.257 e. The maximum absolute atomic E-state index is 12.6. The minimum atomic E-state index is -3.83. The first-order valence-electron chi connectivity index (χ1n) is 10.7. The van der Waals surface area contributed by atoms with Crippen molar-refractivity contribution in [2.75, 3.05) is 10.6 Å². The monoisotopic (exact) mass is 488 g/mol. The minimum Gasteiger partial charge on any atom is -0.362 e.